The fourth-order valence-electron chi connectivity index (χ4n) is 6.36. The van der Waals surface area contributed by atoms with E-state index in [4.69, 9.17) is 5.11 Å². The quantitative estimate of drug-likeness (QED) is 0.330. The number of fused-ring (bicyclic) bond motifs is 2. The zero-order valence-electron chi connectivity index (χ0n) is 21.3. The maximum atomic E-state index is 12.6. The highest BCUT2D eigenvalue weighted by Crippen LogP contribution is 2.36. The number of carboxylic acids is 1. The monoisotopic (exact) mass is 688 g/mol. The van der Waals surface area contributed by atoms with Crippen molar-refractivity contribution in [1.29, 1.82) is 0 Å². The molecule has 1 amide bonds. The maximum Gasteiger partial charge on any atom is 0.336 e. The van der Waals surface area contributed by atoms with Crippen molar-refractivity contribution in [1.82, 2.24) is 10.2 Å². The van der Waals surface area contributed by atoms with Crippen molar-refractivity contribution >= 4 is 66.4 Å². The van der Waals surface area contributed by atoms with Crippen LogP contribution in [0.15, 0.2) is 30.5 Å². The van der Waals surface area contributed by atoms with Gasteiger partial charge in [0.15, 0.2) is 0 Å². The molecule has 212 valence electrons. The van der Waals surface area contributed by atoms with E-state index >= 15 is 0 Å². The highest BCUT2D eigenvalue weighted by Gasteiger charge is 2.36. The van der Waals surface area contributed by atoms with Crippen LogP contribution in [0, 0.1) is 11.8 Å². The van der Waals surface area contributed by atoms with Crippen LogP contribution >= 0.6 is 54.5 Å². The van der Waals surface area contributed by atoms with Gasteiger partial charge in [0.05, 0.1) is 18.7 Å². The lowest BCUT2D eigenvalue weighted by Crippen LogP contribution is -2.49. The van der Waals surface area contributed by atoms with E-state index in [9.17, 15) is 9.59 Å². The van der Waals surface area contributed by atoms with Crippen molar-refractivity contribution in [3.05, 3.63) is 41.6 Å². The number of likely N-dealkylation sites (tertiary alicyclic amines) is 1. The minimum Gasteiger partial charge on any atom is -0.478 e. The van der Waals surface area contributed by atoms with Crippen LogP contribution in [0.5, 0.6) is 0 Å². The molecule has 9 heteroatoms. The molecule has 2 saturated heterocycles. The Hall–Kier alpha value is -0.740. The number of amides is 1. The summed E-state index contributed by atoms with van der Waals surface area (Å²) in [5.74, 6) is 1.17. The zero-order chi connectivity index (χ0) is 26.2. The average Bonchev–Trinajstić information content (AvgIpc) is 3.57. The van der Waals surface area contributed by atoms with E-state index in [1.54, 1.807) is 22.8 Å². The fraction of sp³-hybridized carbons (Fsp3) is 0.655. The van der Waals surface area contributed by atoms with Gasteiger partial charge in [0.2, 0.25) is 0 Å². The van der Waals surface area contributed by atoms with Crippen LogP contribution in [0.1, 0.15) is 105 Å². The number of thiophene rings is 2. The molecule has 0 spiro atoms. The van der Waals surface area contributed by atoms with E-state index in [1.165, 1.54) is 94.9 Å². The Labute approximate surface area is 253 Å². The first kappa shape index (κ1) is 31.8. The summed E-state index contributed by atoms with van der Waals surface area (Å²) >= 11 is 9.56. The first-order chi connectivity index (χ1) is 17.9. The van der Waals surface area contributed by atoms with Crippen LogP contribution in [0.25, 0.3) is 0 Å². The number of aromatic carboxylic acids is 1. The van der Waals surface area contributed by atoms with Gasteiger partial charge in [-0.05, 0) is 114 Å². The molecule has 6 rings (SSSR count). The lowest BCUT2D eigenvalue weighted by molar-refractivity contribution is 0.0391. The Morgan fingerprint density at radius 3 is 2.00 bits per heavy atom. The summed E-state index contributed by atoms with van der Waals surface area (Å²) in [6, 6.07) is 4.95. The molecule has 4 aliphatic rings. The number of carboxylic acid groups (broad SMARTS) is 1. The maximum absolute atomic E-state index is 12.6. The van der Waals surface area contributed by atoms with Gasteiger partial charge in [-0.25, -0.2) is 4.79 Å². The molecule has 0 bridgehead atoms. The van der Waals surface area contributed by atoms with Crippen molar-refractivity contribution in [2.24, 2.45) is 11.8 Å². The second-order valence-electron chi connectivity index (χ2n) is 10.6. The number of halogens is 2. The molecule has 2 aliphatic carbocycles. The van der Waals surface area contributed by atoms with Gasteiger partial charge in [0, 0.05) is 29.4 Å². The molecule has 2 N–H and O–H groups in total. The number of rotatable bonds is 2. The Kier molecular flexibility index (Phi) is 13.3. The van der Waals surface area contributed by atoms with Crippen LogP contribution in [-0.4, -0.2) is 47.1 Å². The number of hydrogen-bond acceptors (Lipinski definition) is 5. The number of piperidine rings is 2. The molecule has 0 radical (unpaired) electrons. The van der Waals surface area contributed by atoms with Crippen LogP contribution in [0.2, 0.25) is 0 Å². The molecule has 2 aromatic heterocycles. The van der Waals surface area contributed by atoms with E-state index in [1.807, 2.05) is 11.4 Å². The third-order valence-corrected chi connectivity index (χ3v) is 11.2. The minimum atomic E-state index is -0.878. The normalized spacial score (nSPS) is 26.2. The van der Waals surface area contributed by atoms with E-state index in [0.29, 0.717) is 11.6 Å². The Bertz CT molecular complexity index is 999. The molecule has 4 fully saturated rings. The molecule has 4 atom stereocenters. The van der Waals surface area contributed by atoms with Crippen molar-refractivity contribution in [3.63, 3.8) is 0 Å². The molecular weight excluding hydrogens is 648 g/mol. The highest BCUT2D eigenvalue weighted by molar-refractivity contribution is 9.11. The number of hydrogen-bond donors (Lipinski definition) is 2. The van der Waals surface area contributed by atoms with Crippen molar-refractivity contribution in [2.75, 3.05) is 13.1 Å². The standard InChI is InChI=1S/C14H18BrNOS.C9H17N.C5H3BrO2S.CH4/c15-13-8-11(9-18-13)14(17)16-7-3-5-10-4-1-2-6-12(10)16;1-2-6-9-8(4-1)5-3-7-10-9;6-4-1-3(2-9-4)5(7)8;/h8-10,12H,1-7H2;8-10H,1-7H2;1-2H,(H,7,8);1H4. The summed E-state index contributed by atoms with van der Waals surface area (Å²) in [5, 5.41) is 15.6. The highest BCUT2D eigenvalue weighted by atomic mass is 79.9. The third kappa shape index (κ3) is 8.88. The summed E-state index contributed by atoms with van der Waals surface area (Å²) in [4.78, 5) is 24.9. The Balaban J connectivity index is 0.000000170. The summed E-state index contributed by atoms with van der Waals surface area (Å²) in [5.41, 5.74) is 1.20. The second kappa shape index (κ2) is 15.9. The van der Waals surface area contributed by atoms with Gasteiger partial charge in [0.1, 0.15) is 0 Å². The van der Waals surface area contributed by atoms with Crippen LogP contribution in [0.4, 0.5) is 0 Å². The Morgan fingerprint density at radius 1 is 0.816 bits per heavy atom. The zero-order valence-corrected chi connectivity index (χ0v) is 26.1. The summed E-state index contributed by atoms with van der Waals surface area (Å²) < 4.78 is 1.89. The number of carbonyl (C=O) groups excluding carboxylic acids is 1. The van der Waals surface area contributed by atoms with Crippen molar-refractivity contribution < 1.29 is 14.7 Å². The SMILES string of the molecule is C.C1CCC2NCCCC2C1.O=C(O)c1csc(Br)c1.O=C(c1csc(Br)c1)N1CCCC2CCCCC21. The number of carbonyl (C=O) groups is 2. The fourth-order valence-corrected chi connectivity index (χ4v) is 8.62. The van der Waals surface area contributed by atoms with E-state index in [2.05, 4.69) is 42.1 Å². The van der Waals surface area contributed by atoms with Gasteiger partial charge in [-0.1, -0.05) is 33.1 Å². The van der Waals surface area contributed by atoms with Crippen molar-refractivity contribution in [2.45, 2.75) is 96.6 Å². The predicted octanol–water partition coefficient (Wildman–Crippen LogP) is 9.08. The Morgan fingerprint density at radius 2 is 1.39 bits per heavy atom. The molecule has 38 heavy (non-hydrogen) atoms. The number of nitrogens with one attached hydrogen (secondary N) is 1. The molecular formula is C29H42Br2N2O3S2. The molecule has 5 nitrogen and oxygen atoms in total. The van der Waals surface area contributed by atoms with Gasteiger partial charge in [-0.2, -0.15) is 0 Å². The average molecular weight is 691 g/mol. The molecule has 0 aromatic carbocycles. The molecule has 2 aromatic rings. The van der Waals surface area contributed by atoms with Gasteiger partial charge in [-0.3, -0.25) is 4.79 Å². The first-order valence-corrected chi connectivity index (χ1v) is 17.0. The van der Waals surface area contributed by atoms with Crippen LogP contribution in [-0.2, 0) is 0 Å². The second-order valence-corrected chi connectivity index (χ2v) is 15.2. The molecule has 2 aliphatic heterocycles. The first-order valence-electron chi connectivity index (χ1n) is 13.7. The number of nitrogens with zero attached hydrogens (tertiary/aromatic N) is 1. The topological polar surface area (TPSA) is 69.6 Å². The van der Waals surface area contributed by atoms with Gasteiger partial charge in [0.25, 0.3) is 5.91 Å². The summed E-state index contributed by atoms with van der Waals surface area (Å²) in [6.07, 6.45) is 16.5. The van der Waals surface area contributed by atoms with E-state index in [-0.39, 0.29) is 13.3 Å². The largest absolute Gasteiger partial charge is 0.478 e. The van der Waals surface area contributed by atoms with Gasteiger partial charge < -0.3 is 15.3 Å². The minimum absolute atomic E-state index is 0. The van der Waals surface area contributed by atoms with Gasteiger partial charge >= 0.3 is 5.97 Å². The predicted molar refractivity (Wildman–Crippen MR) is 167 cm³/mol. The summed E-state index contributed by atoms with van der Waals surface area (Å²) in [7, 11) is 0. The van der Waals surface area contributed by atoms with Crippen molar-refractivity contribution in [3.8, 4) is 0 Å². The lowest BCUT2D eigenvalue weighted by atomic mass is 9.78. The smallest absolute Gasteiger partial charge is 0.336 e. The van der Waals surface area contributed by atoms with E-state index < -0.39 is 5.97 Å². The molecule has 4 heterocycles. The van der Waals surface area contributed by atoms with E-state index in [0.717, 1.165) is 37.6 Å². The van der Waals surface area contributed by atoms with Gasteiger partial charge in [-0.15, -0.1) is 22.7 Å². The summed E-state index contributed by atoms with van der Waals surface area (Å²) in [6.45, 7) is 2.23. The third-order valence-electron chi connectivity index (χ3n) is 8.20. The van der Waals surface area contributed by atoms with Crippen LogP contribution in [0.3, 0.4) is 0 Å². The molecule has 2 saturated carbocycles. The van der Waals surface area contributed by atoms with Crippen LogP contribution < -0.4 is 5.32 Å². The molecule has 4 unspecified atom stereocenters. The lowest BCUT2D eigenvalue weighted by Gasteiger charge is -2.44.